The maximum absolute atomic E-state index is 13.1. The molecule has 1 aliphatic heterocycles. The standard InChI is InChI=1S/C27H27N3O3/c1-17-14-21(12-10-20(17)16-30(2)3)28-25(18-8-6-5-7-9-18)24-22-13-11-19(27(32)33-4)15-23(22)29-26(24)31/h5-15,28H,16H2,1-4H3,(H,29,31). The second-order valence-corrected chi connectivity index (χ2v) is 8.33. The zero-order valence-electron chi connectivity index (χ0n) is 19.2. The molecule has 0 aromatic heterocycles. The molecule has 3 aromatic rings. The topological polar surface area (TPSA) is 70.7 Å². The fraction of sp³-hybridized carbons (Fsp3) is 0.185. The highest BCUT2D eigenvalue weighted by Gasteiger charge is 2.29. The maximum Gasteiger partial charge on any atom is 0.337 e. The predicted octanol–water partition coefficient (Wildman–Crippen LogP) is 4.78. The fourth-order valence-corrected chi connectivity index (χ4v) is 3.99. The number of nitrogens with zero attached hydrogens (tertiary/aromatic N) is 1. The highest BCUT2D eigenvalue weighted by molar-refractivity contribution is 6.37. The summed E-state index contributed by atoms with van der Waals surface area (Å²) < 4.78 is 4.81. The van der Waals surface area contributed by atoms with Crippen molar-refractivity contribution in [1.29, 1.82) is 0 Å². The summed E-state index contributed by atoms with van der Waals surface area (Å²) in [5.41, 5.74) is 7.16. The van der Waals surface area contributed by atoms with Gasteiger partial charge in [0.15, 0.2) is 0 Å². The van der Waals surface area contributed by atoms with Crippen molar-refractivity contribution in [3.05, 3.63) is 94.5 Å². The van der Waals surface area contributed by atoms with Gasteiger partial charge in [-0.05, 0) is 62.0 Å². The number of fused-ring (bicyclic) bond motifs is 1. The van der Waals surface area contributed by atoms with Gasteiger partial charge in [0.2, 0.25) is 0 Å². The molecule has 2 N–H and O–H groups in total. The molecule has 0 saturated carbocycles. The Kier molecular flexibility index (Phi) is 6.29. The smallest absolute Gasteiger partial charge is 0.337 e. The minimum absolute atomic E-state index is 0.223. The Morgan fingerprint density at radius 3 is 2.42 bits per heavy atom. The van der Waals surface area contributed by atoms with Crippen molar-refractivity contribution in [2.24, 2.45) is 0 Å². The molecule has 0 spiro atoms. The Bertz CT molecular complexity index is 1250. The summed E-state index contributed by atoms with van der Waals surface area (Å²) in [7, 11) is 5.43. The zero-order valence-corrected chi connectivity index (χ0v) is 19.2. The van der Waals surface area contributed by atoms with Gasteiger partial charge in [-0.25, -0.2) is 4.79 Å². The SMILES string of the molecule is COC(=O)c1ccc2c(c1)NC(=O)C2=C(Nc1ccc(CN(C)C)c(C)c1)c1ccccc1. The second kappa shape index (κ2) is 9.30. The molecular weight excluding hydrogens is 414 g/mol. The Labute approximate surface area is 193 Å². The molecule has 0 atom stereocenters. The summed E-state index contributed by atoms with van der Waals surface area (Å²) in [4.78, 5) is 27.2. The number of ether oxygens (including phenoxy) is 1. The number of carbonyl (C=O) groups excluding carboxylic acids is 2. The van der Waals surface area contributed by atoms with Crippen molar-refractivity contribution < 1.29 is 14.3 Å². The molecule has 0 unspecified atom stereocenters. The predicted molar refractivity (Wildman–Crippen MR) is 132 cm³/mol. The first kappa shape index (κ1) is 22.3. The van der Waals surface area contributed by atoms with Crippen LogP contribution in [0.2, 0.25) is 0 Å². The van der Waals surface area contributed by atoms with Crippen LogP contribution in [0.15, 0.2) is 66.7 Å². The molecule has 0 aliphatic carbocycles. The summed E-state index contributed by atoms with van der Waals surface area (Å²) in [6.07, 6.45) is 0. The van der Waals surface area contributed by atoms with Crippen LogP contribution in [0.25, 0.3) is 11.3 Å². The normalized spacial score (nSPS) is 14.0. The molecule has 33 heavy (non-hydrogen) atoms. The Balaban J connectivity index is 1.81. The summed E-state index contributed by atoms with van der Waals surface area (Å²) in [6, 6.07) is 21.1. The number of hydrogen-bond donors (Lipinski definition) is 2. The lowest BCUT2D eigenvalue weighted by molar-refractivity contribution is -0.110. The van der Waals surface area contributed by atoms with E-state index >= 15 is 0 Å². The fourth-order valence-electron chi connectivity index (χ4n) is 3.99. The van der Waals surface area contributed by atoms with Crippen LogP contribution in [0.5, 0.6) is 0 Å². The van der Waals surface area contributed by atoms with E-state index in [2.05, 4.69) is 34.6 Å². The van der Waals surface area contributed by atoms with Crippen LogP contribution in [-0.2, 0) is 16.1 Å². The van der Waals surface area contributed by atoms with Crippen LogP contribution in [0.1, 0.15) is 32.6 Å². The number of aryl methyl sites for hydroxylation is 1. The third-order valence-electron chi connectivity index (χ3n) is 5.60. The van der Waals surface area contributed by atoms with Crippen LogP contribution in [0.4, 0.5) is 11.4 Å². The van der Waals surface area contributed by atoms with E-state index in [0.29, 0.717) is 22.5 Å². The first-order valence-corrected chi connectivity index (χ1v) is 10.7. The number of methoxy groups -OCH3 is 1. The lowest BCUT2D eigenvalue weighted by Crippen LogP contribution is -2.12. The quantitative estimate of drug-likeness (QED) is 0.426. The van der Waals surface area contributed by atoms with Crippen LogP contribution < -0.4 is 10.6 Å². The van der Waals surface area contributed by atoms with E-state index in [0.717, 1.165) is 23.4 Å². The lowest BCUT2D eigenvalue weighted by Gasteiger charge is -2.17. The van der Waals surface area contributed by atoms with Gasteiger partial charge in [-0.15, -0.1) is 0 Å². The molecule has 0 radical (unpaired) electrons. The molecule has 1 aliphatic rings. The molecule has 0 bridgehead atoms. The molecule has 3 aromatic carbocycles. The van der Waals surface area contributed by atoms with Gasteiger partial charge in [0.05, 0.1) is 29.6 Å². The Morgan fingerprint density at radius 1 is 1.00 bits per heavy atom. The van der Waals surface area contributed by atoms with E-state index in [9.17, 15) is 9.59 Å². The van der Waals surface area contributed by atoms with E-state index < -0.39 is 5.97 Å². The van der Waals surface area contributed by atoms with Crippen LogP contribution in [-0.4, -0.2) is 38.0 Å². The molecule has 168 valence electrons. The largest absolute Gasteiger partial charge is 0.465 e. The number of nitrogens with one attached hydrogen (secondary N) is 2. The summed E-state index contributed by atoms with van der Waals surface area (Å²) in [5.74, 6) is -0.668. The van der Waals surface area contributed by atoms with Gasteiger partial charge in [0.1, 0.15) is 0 Å². The Morgan fingerprint density at radius 2 is 1.76 bits per heavy atom. The Hall–Kier alpha value is -3.90. The van der Waals surface area contributed by atoms with Gasteiger partial charge in [-0.2, -0.15) is 0 Å². The highest BCUT2D eigenvalue weighted by atomic mass is 16.5. The van der Waals surface area contributed by atoms with Gasteiger partial charge < -0.3 is 20.3 Å². The summed E-state index contributed by atoms with van der Waals surface area (Å²) >= 11 is 0. The molecule has 6 heteroatoms. The minimum Gasteiger partial charge on any atom is -0.465 e. The first-order chi connectivity index (χ1) is 15.9. The molecule has 6 nitrogen and oxygen atoms in total. The van der Waals surface area contributed by atoms with E-state index in [1.807, 2.05) is 50.5 Å². The van der Waals surface area contributed by atoms with Crippen LogP contribution >= 0.6 is 0 Å². The zero-order chi connectivity index (χ0) is 23.5. The van der Waals surface area contributed by atoms with E-state index in [1.54, 1.807) is 18.2 Å². The monoisotopic (exact) mass is 441 g/mol. The van der Waals surface area contributed by atoms with E-state index in [4.69, 9.17) is 4.74 Å². The van der Waals surface area contributed by atoms with E-state index in [1.165, 1.54) is 18.2 Å². The van der Waals surface area contributed by atoms with Crippen molar-refractivity contribution in [2.45, 2.75) is 13.5 Å². The van der Waals surface area contributed by atoms with Crippen molar-refractivity contribution in [1.82, 2.24) is 4.90 Å². The number of esters is 1. The maximum atomic E-state index is 13.1. The summed E-state index contributed by atoms with van der Waals surface area (Å²) in [6.45, 7) is 2.95. The lowest BCUT2D eigenvalue weighted by atomic mass is 9.98. The van der Waals surface area contributed by atoms with Gasteiger partial charge in [0, 0.05) is 17.8 Å². The molecule has 0 saturated heterocycles. The number of anilines is 2. The third kappa shape index (κ3) is 4.66. The van der Waals surface area contributed by atoms with Crippen molar-refractivity contribution in [2.75, 3.05) is 31.8 Å². The highest BCUT2D eigenvalue weighted by Crippen LogP contribution is 2.38. The van der Waals surface area contributed by atoms with Gasteiger partial charge in [0.25, 0.3) is 5.91 Å². The molecule has 1 amide bonds. The minimum atomic E-state index is -0.445. The number of hydrogen-bond acceptors (Lipinski definition) is 5. The summed E-state index contributed by atoms with van der Waals surface area (Å²) in [5, 5.41) is 6.39. The molecule has 0 fully saturated rings. The first-order valence-electron chi connectivity index (χ1n) is 10.7. The van der Waals surface area contributed by atoms with Gasteiger partial charge >= 0.3 is 5.97 Å². The van der Waals surface area contributed by atoms with Crippen molar-refractivity contribution in [3.63, 3.8) is 0 Å². The van der Waals surface area contributed by atoms with Gasteiger partial charge in [-0.1, -0.05) is 42.5 Å². The number of carbonyl (C=O) groups is 2. The average Bonchev–Trinajstić information content (AvgIpc) is 3.13. The average molecular weight is 442 g/mol. The third-order valence-corrected chi connectivity index (χ3v) is 5.60. The number of rotatable bonds is 6. The number of benzene rings is 3. The van der Waals surface area contributed by atoms with Crippen molar-refractivity contribution in [3.8, 4) is 0 Å². The van der Waals surface area contributed by atoms with Crippen molar-refractivity contribution >= 4 is 34.5 Å². The molecular formula is C27H27N3O3. The van der Waals surface area contributed by atoms with E-state index in [-0.39, 0.29) is 5.91 Å². The van der Waals surface area contributed by atoms with Crippen LogP contribution in [0.3, 0.4) is 0 Å². The van der Waals surface area contributed by atoms with Gasteiger partial charge in [-0.3, -0.25) is 4.79 Å². The molecule has 4 rings (SSSR count). The second-order valence-electron chi connectivity index (χ2n) is 8.33. The van der Waals surface area contributed by atoms with Crippen LogP contribution in [0, 0.1) is 6.92 Å². The number of amides is 1. The molecule has 1 heterocycles.